The first-order chi connectivity index (χ1) is 9.63. The van der Waals surface area contributed by atoms with Crippen LogP contribution < -0.4 is 5.32 Å². The quantitative estimate of drug-likeness (QED) is 0.665. The highest BCUT2D eigenvalue weighted by atomic mass is 35.5. The van der Waals surface area contributed by atoms with Gasteiger partial charge in [-0.25, -0.2) is 0 Å². The molecule has 1 saturated heterocycles. The number of nitrogens with zero attached hydrogens (tertiary/aromatic N) is 1. The number of carbonyl (C=O) groups excluding carboxylic acids is 3. The molecule has 0 atom stereocenters. The number of halogens is 1. The number of hydrogen-bond donors (Lipinski definition) is 1. The molecular formula is C14H11ClN2O3. The molecule has 1 aliphatic heterocycles. The van der Waals surface area contributed by atoms with Crippen LogP contribution in [0.5, 0.6) is 0 Å². The van der Waals surface area contributed by atoms with E-state index in [-0.39, 0.29) is 28.8 Å². The number of allylic oxidation sites excluding steroid dienone is 2. The Labute approximate surface area is 120 Å². The van der Waals surface area contributed by atoms with E-state index >= 15 is 0 Å². The Balaban J connectivity index is 2.11. The van der Waals surface area contributed by atoms with Crippen molar-refractivity contribution in [2.45, 2.75) is 0 Å². The van der Waals surface area contributed by atoms with Crippen LogP contribution >= 0.6 is 11.6 Å². The van der Waals surface area contributed by atoms with Crippen molar-refractivity contribution in [1.29, 1.82) is 0 Å². The predicted octanol–water partition coefficient (Wildman–Crippen LogP) is 0.948. The Bertz CT molecular complexity index is 662. The summed E-state index contributed by atoms with van der Waals surface area (Å²) in [5.41, 5.74) is 1.00. The van der Waals surface area contributed by atoms with Gasteiger partial charge in [-0.15, -0.1) is 11.6 Å². The van der Waals surface area contributed by atoms with Crippen LogP contribution in [0.25, 0.3) is 0 Å². The second-order valence-electron chi connectivity index (χ2n) is 4.60. The second kappa shape index (κ2) is 4.76. The van der Waals surface area contributed by atoms with Gasteiger partial charge in [-0.1, -0.05) is 24.3 Å². The van der Waals surface area contributed by atoms with Crippen molar-refractivity contribution in [3.63, 3.8) is 0 Å². The van der Waals surface area contributed by atoms with E-state index in [9.17, 15) is 14.4 Å². The van der Waals surface area contributed by atoms with Crippen molar-refractivity contribution in [3.05, 3.63) is 46.8 Å². The minimum Gasteiger partial charge on any atom is -0.363 e. The molecule has 1 aromatic carbocycles. The third-order valence-corrected chi connectivity index (χ3v) is 3.49. The molecule has 1 amide bonds. The number of carbonyl (C=O) groups is 3. The van der Waals surface area contributed by atoms with Crippen LogP contribution in [0.4, 0.5) is 0 Å². The predicted molar refractivity (Wildman–Crippen MR) is 72.6 cm³/mol. The molecule has 0 unspecified atom stereocenters. The minimum atomic E-state index is -0.499. The van der Waals surface area contributed by atoms with Gasteiger partial charge in [0.2, 0.25) is 17.5 Å². The Kier molecular flexibility index (Phi) is 3.06. The van der Waals surface area contributed by atoms with Gasteiger partial charge >= 0.3 is 0 Å². The van der Waals surface area contributed by atoms with Gasteiger partial charge in [0.15, 0.2) is 0 Å². The number of fused-ring (bicyclic) bond motifs is 1. The highest BCUT2D eigenvalue weighted by Crippen LogP contribution is 2.30. The average Bonchev–Trinajstić information content (AvgIpc) is 3.29. The molecular weight excluding hydrogens is 280 g/mol. The number of nitrogens with one attached hydrogen (secondary N) is 1. The molecule has 0 spiro atoms. The molecule has 5 nitrogen and oxygen atoms in total. The summed E-state index contributed by atoms with van der Waals surface area (Å²) in [5.74, 6) is -1.34. The van der Waals surface area contributed by atoms with Crippen molar-refractivity contribution < 1.29 is 14.4 Å². The maximum Gasteiger partial charge on any atom is 0.239 e. The summed E-state index contributed by atoms with van der Waals surface area (Å²) in [6.07, 6.45) is 0. The first kappa shape index (κ1) is 12.9. The molecule has 1 N–H and O–H groups in total. The summed E-state index contributed by atoms with van der Waals surface area (Å²) < 4.78 is 0. The molecule has 1 aromatic rings. The first-order valence-electron chi connectivity index (χ1n) is 6.17. The Morgan fingerprint density at radius 2 is 1.75 bits per heavy atom. The summed E-state index contributed by atoms with van der Waals surface area (Å²) >= 11 is 5.45. The zero-order valence-corrected chi connectivity index (χ0v) is 11.2. The third kappa shape index (κ3) is 2.00. The van der Waals surface area contributed by atoms with Crippen molar-refractivity contribution >= 4 is 29.1 Å². The SMILES string of the molecule is O=C(CCl)NC1=C(N2CC2)C(=O)c2ccccc2C1=O. The highest BCUT2D eigenvalue weighted by molar-refractivity contribution is 6.30. The zero-order chi connectivity index (χ0) is 14.3. The lowest BCUT2D eigenvalue weighted by atomic mass is 9.90. The lowest BCUT2D eigenvalue weighted by molar-refractivity contribution is -0.117. The standard InChI is InChI=1S/C14H11ClN2O3/c15-7-10(18)16-11-12(17-5-6-17)14(20)9-4-2-1-3-8(9)13(11)19/h1-4H,5-7H2,(H,16,18). The van der Waals surface area contributed by atoms with E-state index in [0.29, 0.717) is 24.2 Å². The summed E-state index contributed by atoms with van der Waals surface area (Å²) in [4.78, 5) is 38.2. The van der Waals surface area contributed by atoms with Gasteiger partial charge in [0.25, 0.3) is 0 Å². The fraction of sp³-hybridized carbons (Fsp3) is 0.214. The number of amides is 1. The monoisotopic (exact) mass is 290 g/mol. The van der Waals surface area contributed by atoms with Gasteiger partial charge in [-0.05, 0) is 0 Å². The summed E-state index contributed by atoms with van der Waals surface area (Å²) in [6.45, 7) is 1.41. The van der Waals surface area contributed by atoms with Gasteiger partial charge < -0.3 is 10.2 Å². The van der Waals surface area contributed by atoms with E-state index in [1.807, 2.05) is 0 Å². The van der Waals surface area contributed by atoms with Crippen molar-refractivity contribution in [3.8, 4) is 0 Å². The normalized spacial score (nSPS) is 17.1. The molecule has 6 heteroatoms. The number of rotatable bonds is 3. The largest absolute Gasteiger partial charge is 0.363 e. The van der Waals surface area contributed by atoms with Crippen LogP contribution in [0.3, 0.4) is 0 Å². The molecule has 0 bridgehead atoms. The van der Waals surface area contributed by atoms with Crippen molar-refractivity contribution in [2.75, 3.05) is 19.0 Å². The number of hydrogen-bond acceptors (Lipinski definition) is 4. The number of ketones is 2. The lowest BCUT2D eigenvalue weighted by Gasteiger charge is -2.21. The van der Waals surface area contributed by atoms with Gasteiger partial charge in [-0.2, -0.15) is 0 Å². The van der Waals surface area contributed by atoms with Crippen molar-refractivity contribution in [1.82, 2.24) is 10.2 Å². The maximum absolute atomic E-state index is 12.5. The molecule has 1 aliphatic carbocycles. The van der Waals surface area contributed by atoms with Crippen molar-refractivity contribution in [2.24, 2.45) is 0 Å². The topological polar surface area (TPSA) is 66.2 Å². The highest BCUT2D eigenvalue weighted by Gasteiger charge is 2.38. The summed E-state index contributed by atoms with van der Waals surface area (Å²) in [7, 11) is 0. The molecule has 2 aliphatic rings. The third-order valence-electron chi connectivity index (χ3n) is 3.24. The van der Waals surface area contributed by atoms with E-state index < -0.39 is 5.91 Å². The second-order valence-corrected chi connectivity index (χ2v) is 4.86. The fourth-order valence-corrected chi connectivity index (χ4v) is 2.29. The number of benzene rings is 1. The van der Waals surface area contributed by atoms with Crippen LogP contribution in [0, 0.1) is 0 Å². The molecule has 102 valence electrons. The van der Waals surface area contributed by atoms with Crippen LogP contribution in [-0.4, -0.2) is 41.3 Å². The molecule has 0 saturated carbocycles. The van der Waals surface area contributed by atoms with Gasteiger partial charge in [-0.3, -0.25) is 14.4 Å². The Morgan fingerprint density at radius 1 is 1.15 bits per heavy atom. The van der Waals surface area contributed by atoms with E-state index in [1.54, 1.807) is 29.2 Å². The Hall–Kier alpha value is -2.14. The molecule has 20 heavy (non-hydrogen) atoms. The van der Waals surface area contributed by atoms with Gasteiger partial charge in [0, 0.05) is 24.2 Å². The summed E-state index contributed by atoms with van der Waals surface area (Å²) in [5, 5.41) is 2.46. The zero-order valence-electron chi connectivity index (χ0n) is 10.5. The Morgan fingerprint density at radius 3 is 2.30 bits per heavy atom. The molecule has 0 aromatic heterocycles. The van der Waals surface area contributed by atoms with E-state index in [0.717, 1.165) is 0 Å². The van der Waals surface area contributed by atoms with Gasteiger partial charge in [0.05, 0.1) is 0 Å². The summed E-state index contributed by atoms with van der Waals surface area (Å²) in [6, 6.07) is 6.61. The smallest absolute Gasteiger partial charge is 0.239 e. The fourth-order valence-electron chi connectivity index (χ4n) is 2.23. The molecule has 0 radical (unpaired) electrons. The first-order valence-corrected chi connectivity index (χ1v) is 6.70. The lowest BCUT2D eigenvalue weighted by Crippen LogP contribution is -2.36. The van der Waals surface area contributed by atoms with E-state index in [2.05, 4.69) is 5.32 Å². The van der Waals surface area contributed by atoms with E-state index in [4.69, 9.17) is 11.6 Å². The number of alkyl halides is 1. The number of Topliss-reactive ketones (excluding diaryl/α,β-unsaturated/α-hetero) is 2. The van der Waals surface area contributed by atoms with Crippen LogP contribution in [0.1, 0.15) is 20.7 Å². The van der Waals surface area contributed by atoms with Crippen LogP contribution in [0.15, 0.2) is 35.7 Å². The van der Waals surface area contributed by atoms with Gasteiger partial charge in [0.1, 0.15) is 17.3 Å². The van der Waals surface area contributed by atoms with E-state index in [1.165, 1.54) is 0 Å². The average molecular weight is 291 g/mol. The molecule has 1 fully saturated rings. The molecule has 3 rings (SSSR count). The maximum atomic E-state index is 12.5. The molecule has 1 heterocycles. The van der Waals surface area contributed by atoms with Crippen LogP contribution in [0.2, 0.25) is 0 Å². The minimum absolute atomic E-state index is 0.0388. The van der Waals surface area contributed by atoms with Crippen LogP contribution in [-0.2, 0) is 4.79 Å².